The molecule has 116 valence electrons. The quantitative estimate of drug-likeness (QED) is 0.805. The van der Waals surface area contributed by atoms with E-state index in [-0.39, 0.29) is 0 Å². The van der Waals surface area contributed by atoms with Gasteiger partial charge in [-0.15, -0.1) is 0 Å². The van der Waals surface area contributed by atoms with Crippen LogP contribution in [0.15, 0.2) is 0 Å². The van der Waals surface area contributed by atoms with E-state index >= 15 is 0 Å². The van der Waals surface area contributed by atoms with Gasteiger partial charge < -0.3 is 10.6 Å². The average Bonchev–Trinajstić information content (AvgIpc) is 2.33. The van der Waals surface area contributed by atoms with Gasteiger partial charge in [0.05, 0.1) is 0 Å². The summed E-state index contributed by atoms with van der Waals surface area (Å²) in [5, 5.41) is 0. The summed E-state index contributed by atoms with van der Waals surface area (Å²) in [6.07, 6.45) is 10.4. The Morgan fingerprint density at radius 2 is 1.55 bits per heavy atom. The third kappa shape index (κ3) is 3.06. The summed E-state index contributed by atoms with van der Waals surface area (Å²) in [5.74, 6) is 3.84. The molecule has 0 amide bonds. The van der Waals surface area contributed by atoms with Crippen molar-refractivity contribution in [2.24, 2.45) is 34.8 Å². The Labute approximate surface area is 125 Å². The van der Waals surface area contributed by atoms with Gasteiger partial charge >= 0.3 is 0 Å². The van der Waals surface area contributed by atoms with Crippen LogP contribution in [-0.2, 0) is 0 Å². The van der Waals surface area contributed by atoms with E-state index in [0.29, 0.717) is 17.4 Å². The van der Waals surface area contributed by atoms with Crippen LogP contribution in [0.3, 0.4) is 0 Å². The monoisotopic (exact) mass is 278 g/mol. The molecule has 0 aromatic carbocycles. The van der Waals surface area contributed by atoms with E-state index in [1.807, 2.05) is 0 Å². The Hall–Kier alpha value is -0.0800. The van der Waals surface area contributed by atoms with Gasteiger partial charge in [-0.2, -0.15) is 0 Å². The summed E-state index contributed by atoms with van der Waals surface area (Å²) in [7, 11) is 2.33. The van der Waals surface area contributed by atoms with Crippen LogP contribution in [0, 0.1) is 29.1 Å². The lowest BCUT2D eigenvalue weighted by Gasteiger charge is -2.57. The highest BCUT2D eigenvalue weighted by Crippen LogP contribution is 2.60. The topological polar surface area (TPSA) is 29.3 Å². The normalized spacial score (nSPS) is 40.8. The van der Waals surface area contributed by atoms with E-state index < -0.39 is 0 Å². The molecule has 1 unspecified atom stereocenters. The lowest BCUT2D eigenvalue weighted by Crippen LogP contribution is -2.51. The minimum Gasteiger partial charge on any atom is -0.327 e. The van der Waals surface area contributed by atoms with Crippen molar-refractivity contribution in [3.05, 3.63) is 0 Å². The van der Waals surface area contributed by atoms with Crippen LogP contribution in [0.1, 0.15) is 58.8 Å². The van der Waals surface area contributed by atoms with Crippen LogP contribution in [0.2, 0.25) is 0 Å². The zero-order valence-electron chi connectivity index (χ0n) is 13.8. The van der Waals surface area contributed by atoms with Crippen molar-refractivity contribution < 1.29 is 0 Å². The van der Waals surface area contributed by atoms with Gasteiger partial charge in [-0.3, -0.25) is 0 Å². The Balaban J connectivity index is 1.52. The fraction of sp³-hybridized carbons (Fsp3) is 1.00. The predicted octanol–water partition coefficient (Wildman–Crippen LogP) is 3.51. The van der Waals surface area contributed by atoms with Gasteiger partial charge in [0.1, 0.15) is 0 Å². The predicted molar refractivity (Wildman–Crippen MR) is 85.5 cm³/mol. The van der Waals surface area contributed by atoms with E-state index in [1.165, 1.54) is 32.4 Å². The maximum absolute atomic E-state index is 6.20. The summed E-state index contributed by atoms with van der Waals surface area (Å²) in [6.45, 7) is 7.00. The van der Waals surface area contributed by atoms with Crippen LogP contribution in [-0.4, -0.2) is 31.1 Å². The lowest BCUT2D eigenvalue weighted by atomic mass is 9.49. The van der Waals surface area contributed by atoms with Crippen LogP contribution in [0.25, 0.3) is 0 Å². The van der Waals surface area contributed by atoms with Crippen molar-refractivity contribution in [3.63, 3.8) is 0 Å². The van der Waals surface area contributed by atoms with Gasteiger partial charge in [-0.05, 0) is 87.6 Å². The first-order valence-corrected chi connectivity index (χ1v) is 8.90. The lowest BCUT2D eigenvalue weighted by molar-refractivity contribution is -0.0663. The molecule has 1 atom stereocenters. The van der Waals surface area contributed by atoms with Gasteiger partial charge in [0, 0.05) is 12.6 Å². The molecule has 0 spiro atoms. The highest BCUT2D eigenvalue weighted by atomic mass is 15.1. The molecule has 4 fully saturated rings. The highest BCUT2D eigenvalue weighted by Gasteiger charge is 2.50. The minimum atomic E-state index is 0.369. The first-order valence-electron chi connectivity index (χ1n) is 8.90. The van der Waals surface area contributed by atoms with Crippen molar-refractivity contribution in [2.75, 3.05) is 20.1 Å². The van der Waals surface area contributed by atoms with Crippen molar-refractivity contribution in [1.82, 2.24) is 4.90 Å². The van der Waals surface area contributed by atoms with Crippen molar-refractivity contribution in [2.45, 2.75) is 64.8 Å². The Morgan fingerprint density at radius 3 is 2.00 bits per heavy atom. The SMILES string of the molecule is CC(C)C(N)CCN(C)CC12CC3CC(CC(C3)C1)C2. The van der Waals surface area contributed by atoms with Crippen molar-refractivity contribution in [1.29, 1.82) is 0 Å². The minimum absolute atomic E-state index is 0.369. The third-order valence-electron chi connectivity index (χ3n) is 6.47. The highest BCUT2D eigenvalue weighted by molar-refractivity contribution is 5.02. The summed E-state index contributed by atoms with van der Waals surface area (Å²) < 4.78 is 0. The largest absolute Gasteiger partial charge is 0.327 e. The number of nitrogens with zero attached hydrogens (tertiary/aromatic N) is 1. The van der Waals surface area contributed by atoms with Crippen LogP contribution < -0.4 is 5.73 Å². The average molecular weight is 278 g/mol. The molecule has 0 saturated heterocycles. The summed E-state index contributed by atoms with van der Waals surface area (Å²) in [6, 6.07) is 0.369. The molecule has 4 bridgehead atoms. The molecule has 4 aliphatic carbocycles. The van der Waals surface area contributed by atoms with E-state index in [2.05, 4.69) is 25.8 Å². The van der Waals surface area contributed by atoms with Crippen molar-refractivity contribution >= 4 is 0 Å². The maximum Gasteiger partial charge on any atom is 0.00740 e. The van der Waals surface area contributed by atoms with E-state index in [1.54, 1.807) is 19.3 Å². The number of nitrogens with two attached hydrogens (primary N) is 1. The summed E-state index contributed by atoms with van der Waals surface area (Å²) in [5.41, 5.74) is 6.89. The van der Waals surface area contributed by atoms with E-state index in [4.69, 9.17) is 5.73 Å². The summed E-state index contributed by atoms with van der Waals surface area (Å²) >= 11 is 0. The Kier molecular flexibility index (Phi) is 4.16. The molecule has 4 aliphatic rings. The van der Waals surface area contributed by atoms with Crippen LogP contribution in [0.4, 0.5) is 0 Å². The van der Waals surface area contributed by atoms with Crippen LogP contribution in [0.5, 0.6) is 0 Å². The second kappa shape index (κ2) is 5.61. The molecule has 0 heterocycles. The standard InChI is InChI=1S/C18H34N2/c1-13(2)17(19)4-5-20(3)12-18-9-14-6-15(10-18)8-16(7-14)11-18/h13-17H,4-12,19H2,1-3H3. The summed E-state index contributed by atoms with van der Waals surface area (Å²) in [4.78, 5) is 2.59. The third-order valence-corrected chi connectivity index (χ3v) is 6.47. The van der Waals surface area contributed by atoms with E-state index in [9.17, 15) is 0 Å². The first-order chi connectivity index (χ1) is 9.46. The van der Waals surface area contributed by atoms with Gasteiger partial charge in [-0.1, -0.05) is 13.8 Å². The molecule has 0 aromatic rings. The van der Waals surface area contributed by atoms with E-state index in [0.717, 1.165) is 24.2 Å². The second-order valence-electron chi connectivity index (χ2n) is 8.85. The Bertz CT molecular complexity index is 301. The zero-order chi connectivity index (χ0) is 14.3. The number of hydrogen-bond acceptors (Lipinski definition) is 2. The first kappa shape index (κ1) is 14.8. The molecule has 2 nitrogen and oxygen atoms in total. The smallest absolute Gasteiger partial charge is 0.00740 e. The fourth-order valence-corrected chi connectivity index (χ4v) is 5.84. The zero-order valence-corrected chi connectivity index (χ0v) is 13.8. The molecule has 4 rings (SSSR count). The maximum atomic E-state index is 6.20. The molecule has 0 aromatic heterocycles. The molecule has 0 aliphatic heterocycles. The van der Waals surface area contributed by atoms with Gasteiger partial charge in [0.15, 0.2) is 0 Å². The molecular formula is C18H34N2. The Morgan fingerprint density at radius 1 is 1.05 bits per heavy atom. The molecule has 2 heteroatoms. The second-order valence-corrected chi connectivity index (χ2v) is 8.85. The fourth-order valence-electron chi connectivity index (χ4n) is 5.84. The molecule has 0 radical (unpaired) electrons. The number of hydrogen-bond donors (Lipinski definition) is 1. The van der Waals surface area contributed by atoms with Crippen LogP contribution >= 0.6 is 0 Å². The molecular weight excluding hydrogens is 244 g/mol. The molecule has 20 heavy (non-hydrogen) atoms. The molecule has 4 saturated carbocycles. The van der Waals surface area contributed by atoms with Gasteiger partial charge in [0.2, 0.25) is 0 Å². The molecule has 2 N–H and O–H groups in total. The van der Waals surface area contributed by atoms with Gasteiger partial charge in [-0.25, -0.2) is 0 Å². The number of rotatable bonds is 6. The van der Waals surface area contributed by atoms with Crippen molar-refractivity contribution in [3.8, 4) is 0 Å². The van der Waals surface area contributed by atoms with Gasteiger partial charge in [0.25, 0.3) is 0 Å².